The van der Waals surface area contributed by atoms with E-state index in [1.807, 2.05) is 0 Å². The van der Waals surface area contributed by atoms with Crippen molar-refractivity contribution in [2.24, 2.45) is 0 Å². The third kappa shape index (κ3) is 2.85. The molecule has 1 aromatic heterocycles. The van der Waals surface area contributed by atoms with E-state index in [0.717, 1.165) is 25.1 Å². The Bertz CT molecular complexity index is 528. The number of rotatable bonds is 4. The molecule has 0 saturated carbocycles. The zero-order chi connectivity index (χ0) is 14.7. The number of aromatic nitrogens is 1. The number of hydrogen-bond donors (Lipinski definition) is 1. The van der Waals surface area contributed by atoms with Crippen molar-refractivity contribution in [1.29, 1.82) is 0 Å². The number of nitrogens with zero attached hydrogens (tertiary/aromatic N) is 3. The van der Waals surface area contributed by atoms with Gasteiger partial charge in [-0.2, -0.15) is 0 Å². The first kappa shape index (κ1) is 14.2. The van der Waals surface area contributed by atoms with Gasteiger partial charge in [0.05, 0.1) is 10.5 Å². The Morgan fingerprint density at radius 3 is 2.75 bits per heavy atom. The van der Waals surface area contributed by atoms with Crippen molar-refractivity contribution in [2.45, 2.75) is 18.9 Å². The Morgan fingerprint density at radius 1 is 1.55 bits per heavy atom. The van der Waals surface area contributed by atoms with Crippen molar-refractivity contribution in [3.8, 4) is 0 Å². The van der Waals surface area contributed by atoms with Crippen molar-refractivity contribution in [3.05, 3.63) is 27.9 Å². The van der Waals surface area contributed by atoms with Gasteiger partial charge >= 0.3 is 11.7 Å². The first-order chi connectivity index (χ1) is 9.50. The second-order valence-electron chi connectivity index (χ2n) is 4.58. The molecule has 0 aromatic carbocycles. The van der Waals surface area contributed by atoms with Gasteiger partial charge in [0, 0.05) is 38.6 Å². The van der Waals surface area contributed by atoms with Crippen LogP contribution in [-0.4, -0.2) is 47.3 Å². The highest BCUT2D eigenvalue weighted by Gasteiger charge is 2.27. The molecule has 1 N–H and O–H groups in total. The Kier molecular flexibility index (Phi) is 4.14. The highest BCUT2D eigenvalue weighted by molar-refractivity contribution is 5.88. The van der Waals surface area contributed by atoms with Gasteiger partial charge in [-0.15, -0.1) is 0 Å². The van der Waals surface area contributed by atoms with E-state index >= 15 is 0 Å². The predicted octanol–water partition coefficient (Wildman–Crippen LogP) is 1.30. The summed E-state index contributed by atoms with van der Waals surface area (Å²) < 4.78 is 5.26. The first-order valence-electron chi connectivity index (χ1n) is 6.19. The van der Waals surface area contributed by atoms with E-state index in [0.29, 0.717) is 13.2 Å². The Morgan fingerprint density at radius 2 is 2.20 bits per heavy atom. The van der Waals surface area contributed by atoms with E-state index in [-0.39, 0.29) is 23.1 Å². The highest BCUT2D eigenvalue weighted by Crippen LogP contribution is 2.29. The van der Waals surface area contributed by atoms with Crippen LogP contribution in [0.2, 0.25) is 0 Å². The fraction of sp³-hybridized carbons (Fsp3) is 0.500. The molecule has 1 fully saturated rings. The largest absolute Gasteiger partial charge is 0.478 e. The topological polar surface area (TPSA) is 106 Å². The maximum absolute atomic E-state index is 11.1. The Labute approximate surface area is 115 Å². The van der Waals surface area contributed by atoms with Gasteiger partial charge in [-0.3, -0.25) is 10.1 Å². The van der Waals surface area contributed by atoms with E-state index in [1.165, 1.54) is 0 Å². The molecule has 2 rings (SSSR count). The monoisotopic (exact) mass is 281 g/mol. The van der Waals surface area contributed by atoms with Gasteiger partial charge in [0.1, 0.15) is 0 Å². The van der Waals surface area contributed by atoms with Gasteiger partial charge in [0.25, 0.3) is 0 Å². The quantitative estimate of drug-likeness (QED) is 0.654. The maximum Gasteiger partial charge on any atom is 0.337 e. The molecule has 0 bridgehead atoms. The zero-order valence-electron chi connectivity index (χ0n) is 11.0. The second kappa shape index (κ2) is 5.83. The third-order valence-electron chi connectivity index (χ3n) is 3.36. The number of hydrogen-bond acceptors (Lipinski definition) is 6. The molecule has 8 nitrogen and oxygen atoms in total. The second-order valence-corrected chi connectivity index (χ2v) is 4.58. The van der Waals surface area contributed by atoms with Crippen LogP contribution in [-0.2, 0) is 4.74 Å². The molecule has 0 atom stereocenters. The summed E-state index contributed by atoms with van der Waals surface area (Å²) in [7, 11) is 1.73. The summed E-state index contributed by atoms with van der Waals surface area (Å²) in [6, 6.07) is 1.14. The van der Waals surface area contributed by atoms with Crippen LogP contribution in [0.4, 0.5) is 11.5 Å². The van der Waals surface area contributed by atoms with Gasteiger partial charge in [0.15, 0.2) is 0 Å². The van der Waals surface area contributed by atoms with Gasteiger partial charge in [0.2, 0.25) is 5.82 Å². The molecule has 0 unspecified atom stereocenters. The number of carbonyl (C=O) groups is 1. The molecule has 20 heavy (non-hydrogen) atoms. The van der Waals surface area contributed by atoms with Gasteiger partial charge in [-0.25, -0.2) is 9.78 Å². The predicted molar refractivity (Wildman–Crippen MR) is 70.1 cm³/mol. The first-order valence-corrected chi connectivity index (χ1v) is 6.19. The highest BCUT2D eigenvalue weighted by atomic mass is 16.6. The van der Waals surface area contributed by atoms with Crippen LogP contribution in [0, 0.1) is 10.1 Å². The molecule has 0 amide bonds. The summed E-state index contributed by atoms with van der Waals surface area (Å²) in [5.41, 5.74) is -0.486. The fourth-order valence-corrected chi connectivity index (χ4v) is 2.21. The summed E-state index contributed by atoms with van der Waals surface area (Å²) in [4.78, 5) is 27.1. The Hall–Kier alpha value is -2.22. The minimum Gasteiger partial charge on any atom is -0.478 e. The summed E-state index contributed by atoms with van der Waals surface area (Å²) in [6.45, 7) is 1.21. The number of ether oxygens (including phenoxy) is 1. The minimum absolute atomic E-state index is 0.102. The van der Waals surface area contributed by atoms with Crippen molar-refractivity contribution in [3.63, 3.8) is 0 Å². The number of anilines is 1. The molecule has 108 valence electrons. The van der Waals surface area contributed by atoms with Crippen LogP contribution >= 0.6 is 0 Å². The third-order valence-corrected chi connectivity index (χ3v) is 3.36. The molecular weight excluding hydrogens is 266 g/mol. The van der Waals surface area contributed by atoms with Crippen LogP contribution in [0.15, 0.2) is 12.3 Å². The van der Waals surface area contributed by atoms with Crippen molar-refractivity contribution in [2.75, 3.05) is 25.2 Å². The molecule has 8 heteroatoms. The number of pyridine rings is 1. The van der Waals surface area contributed by atoms with E-state index < -0.39 is 10.9 Å². The fourth-order valence-electron chi connectivity index (χ4n) is 2.21. The van der Waals surface area contributed by atoms with E-state index in [2.05, 4.69) is 4.98 Å². The van der Waals surface area contributed by atoms with Crippen molar-refractivity contribution >= 4 is 17.5 Å². The van der Waals surface area contributed by atoms with Crippen LogP contribution < -0.4 is 4.90 Å². The molecular formula is C12H15N3O5. The lowest BCUT2D eigenvalue weighted by molar-refractivity contribution is -0.384. The average Bonchev–Trinajstić information content (AvgIpc) is 2.46. The maximum atomic E-state index is 11.1. The van der Waals surface area contributed by atoms with Gasteiger partial charge in [-0.1, -0.05) is 0 Å². The summed E-state index contributed by atoms with van der Waals surface area (Å²) in [5.74, 6) is -1.05. The SMILES string of the molecule is CN(c1ncc(C(=O)O)cc1[N+](=O)[O-])C1CCOCC1. The molecule has 0 aliphatic carbocycles. The number of aromatic carboxylic acids is 1. The minimum atomic E-state index is -1.24. The van der Waals surface area contributed by atoms with E-state index in [4.69, 9.17) is 9.84 Å². The van der Waals surface area contributed by atoms with E-state index in [9.17, 15) is 14.9 Å². The van der Waals surface area contributed by atoms with E-state index in [1.54, 1.807) is 11.9 Å². The lowest BCUT2D eigenvalue weighted by Gasteiger charge is -2.31. The molecule has 1 aliphatic heterocycles. The van der Waals surface area contributed by atoms with Crippen LogP contribution in [0.25, 0.3) is 0 Å². The standard InChI is InChI=1S/C12H15N3O5/c1-14(9-2-4-20-5-3-9)11-10(15(18)19)6-8(7-13-11)12(16)17/h6-7,9H,2-5H2,1H3,(H,16,17). The number of carboxylic acid groups (broad SMARTS) is 1. The molecule has 0 radical (unpaired) electrons. The van der Waals surface area contributed by atoms with Crippen LogP contribution in [0.5, 0.6) is 0 Å². The van der Waals surface area contributed by atoms with Gasteiger partial charge in [-0.05, 0) is 12.8 Å². The van der Waals surface area contributed by atoms with Crippen molar-refractivity contribution < 1.29 is 19.6 Å². The van der Waals surface area contributed by atoms with Crippen LogP contribution in [0.1, 0.15) is 23.2 Å². The molecule has 2 heterocycles. The normalized spacial score (nSPS) is 15.8. The summed E-state index contributed by atoms with van der Waals surface area (Å²) in [5, 5.41) is 20.0. The smallest absolute Gasteiger partial charge is 0.337 e. The number of carboxylic acids is 1. The summed E-state index contributed by atoms with van der Waals surface area (Å²) in [6.07, 6.45) is 2.66. The zero-order valence-corrected chi connectivity index (χ0v) is 11.0. The van der Waals surface area contributed by atoms with Crippen LogP contribution in [0.3, 0.4) is 0 Å². The van der Waals surface area contributed by atoms with Crippen molar-refractivity contribution in [1.82, 2.24) is 4.98 Å². The Balaban J connectivity index is 2.34. The molecule has 1 saturated heterocycles. The lowest BCUT2D eigenvalue weighted by Crippen LogP contribution is -2.37. The number of nitro groups is 1. The van der Waals surface area contributed by atoms with Gasteiger partial charge < -0.3 is 14.7 Å². The molecule has 1 aliphatic rings. The summed E-state index contributed by atoms with van der Waals surface area (Å²) >= 11 is 0. The lowest BCUT2D eigenvalue weighted by atomic mass is 10.1. The average molecular weight is 281 g/mol. The molecule has 1 aromatic rings. The molecule has 0 spiro atoms.